The molecule has 0 N–H and O–H groups in total. The van der Waals surface area contributed by atoms with Crippen LogP contribution in [0.15, 0.2) is 87.8 Å². The summed E-state index contributed by atoms with van der Waals surface area (Å²) < 4.78 is 29.9. The van der Waals surface area contributed by atoms with E-state index in [0.717, 1.165) is 11.1 Å². The summed E-state index contributed by atoms with van der Waals surface area (Å²) in [7, 11) is 1.55. The van der Waals surface area contributed by atoms with E-state index >= 15 is 0 Å². The monoisotopic (exact) mass is 656 g/mol. The van der Waals surface area contributed by atoms with Crippen molar-refractivity contribution in [3.8, 4) is 17.2 Å². The van der Waals surface area contributed by atoms with Crippen molar-refractivity contribution in [1.82, 2.24) is 4.57 Å². The van der Waals surface area contributed by atoms with Gasteiger partial charge in [-0.15, -0.1) is 0 Å². The molecule has 0 amide bonds. The van der Waals surface area contributed by atoms with E-state index in [1.54, 1.807) is 64.3 Å². The predicted molar refractivity (Wildman–Crippen MR) is 178 cm³/mol. The van der Waals surface area contributed by atoms with Gasteiger partial charge in [-0.25, -0.2) is 14.6 Å². The maximum atomic E-state index is 14.2. The zero-order chi connectivity index (χ0) is 33.5. The average molecular weight is 657 g/mol. The molecule has 0 bridgehead atoms. The van der Waals surface area contributed by atoms with Crippen LogP contribution in [0.25, 0.3) is 6.08 Å². The second kappa shape index (κ2) is 15.0. The van der Waals surface area contributed by atoms with Gasteiger partial charge in [0.05, 0.1) is 54.3 Å². The van der Waals surface area contributed by atoms with Gasteiger partial charge in [0.2, 0.25) is 0 Å². The number of hydrogen-bond acceptors (Lipinski definition) is 10. The molecular formula is C36H36N2O8S. The molecule has 0 aliphatic carbocycles. The normalized spacial score (nSPS) is 14.2. The van der Waals surface area contributed by atoms with E-state index in [4.69, 9.17) is 23.7 Å². The number of thiazole rings is 1. The van der Waals surface area contributed by atoms with Crippen molar-refractivity contribution in [2.45, 2.75) is 40.3 Å². The number of allylic oxidation sites excluding steroid dienone is 1. The second-order valence-corrected chi connectivity index (χ2v) is 11.4. The first kappa shape index (κ1) is 33.2. The van der Waals surface area contributed by atoms with Crippen LogP contribution in [0, 0.1) is 0 Å². The molecule has 0 radical (unpaired) electrons. The molecule has 0 saturated heterocycles. The van der Waals surface area contributed by atoms with Gasteiger partial charge in [0, 0.05) is 5.56 Å². The lowest BCUT2D eigenvalue weighted by Crippen LogP contribution is -2.39. The Morgan fingerprint density at radius 3 is 2.26 bits per heavy atom. The Balaban J connectivity index is 1.55. The third-order valence-corrected chi connectivity index (χ3v) is 8.37. The van der Waals surface area contributed by atoms with Gasteiger partial charge in [0.25, 0.3) is 5.56 Å². The maximum Gasteiger partial charge on any atom is 0.338 e. The smallest absolute Gasteiger partial charge is 0.338 e. The minimum atomic E-state index is -0.748. The number of nitrogens with zero attached hydrogens (tertiary/aromatic N) is 2. The first-order chi connectivity index (χ1) is 22.8. The first-order valence-corrected chi connectivity index (χ1v) is 16.1. The molecule has 2 heterocycles. The van der Waals surface area contributed by atoms with Crippen LogP contribution in [-0.2, 0) is 20.9 Å². The summed E-state index contributed by atoms with van der Waals surface area (Å²) in [6.07, 6.45) is 1.74. The lowest BCUT2D eigenvalue weighted by Gasteiger charge is -2.24. The van der Waals surface area contributed by atoms with E-state index in [9.17, 15) is 14.4 Å². The molecule has 244 valence electrons. The summed E-state index contributed by atoms with van der Waals surface area (Å²) in [5.74, 6) is 0.704. The highest BCUT2D eigenvalue weighted by atomic mass is 32.1. The van der Waals surface area contributed by atoms with E-state index in [2.05, 4.69) is 4.99 Å². The number of carbonyl (C=O) groups excluding carboxylic acids is 2. The topological polar surface area (TPSA) is 115 Å². The highest BCUT2D eigenvalue weighted by molar-refractivity contribution is 7.07. The van der Waals surface area contributed by atoms with Crippen LogP contribution in [0.2, 0.25) is 0 Å². The molecule has 11 heteroatoms. The van der Waals surface area contributed by atoms with Gasteiger partial charge in [-0.3, -0.25) is 9.36 Å². The number of hydrogen-bond donors (Lipinski definition) is 0. The molecule has 0 unspecified atom stereocenters. The molecule has 1 atom stereocenters. The van der Waals surface area contributed by atoms with Gasteiger partial charge in [-0.2, -0.15) is 0 Å². The van der Waals surface area contributed by atoms with Crippen molar-refractivity contribution in [3.63, 3.8) is 0 Å². The van der Waals surface area contributed by atoms with Crippen molar-refractivity contribution in [2.24, 2.45) is 4.99 Å². The first-order valence-electron chi connectivity index (χ1n) is 15.3. The van der Waals surface area contributed by atoms with Crippen molar-refractivity contribution in [3.05, 3.63) is 120 Å². The van der Waals surface area contributed by atoms with Crippen LogP contribution in [0.4, 0.5) is 0 Å². The zero-order valence-electron chi connectivity index (χ0n) is 26.9. The summed E-state index contributed by atoms with van der Waals surface area (Å²) in [4.78, 5) is 44.5. The number of esters is 2. The lowest BCUT2D eigenvalue weighted by atomic mass is 9.96. The van der Waals surface area contributed by atoms with E-state index < -0.39 is 12.0 Å². The van der Waals surface area contributed by atoms with Crippen molar-refractivity contribution in [2.75, 3.05) is 26.9 Å². The largest absolute Gasteiger partial charge is 0.494 e. The van der Waals surface area contributed by atoms with Crippen LogP contribution in [0.1, 0.15) is 60.8 Å². The SMILES string of the molecule is CCOC(=O)C1=C(C)N=c2s/c(=C\c3cccc(OC)c3OCc3ccc(C(=O)OCC)cc3)c(=O)n2[C@H]1c1ccc(OCC)cc1. The Labute approximate surface area is 276 Å². The van der Waals surface area contributed by atoms with E-state index in [1.165, 1.54) is 15.9 Å². The Kier molecular flexibility index (Phi) is 10.6. The van der Waals surface area contributed by atoms with Crippen molar-refractivity contribution in [1.29, 1.82) is 0 Å². The molecule has 5 rings (SSSR count). The molecule has 3 aromatic carbocycles. The molecule has 10 nitrogen and oxygen atoms in total. The Bertz CT molecular complexity index is 1970. The third-order valence-electron chi connectivity index (χ3n) is 7.39. The molecule has 0 saturated carbocycles. The van der Waals surface area contributed by atoms with Crippen LogP contribution < -0.4 is 29.1 Å². The lowest BCUT2D eigenvalue weighted by molar-refractivity contribution is -0.139. The summed E-state index contributed by atoms with van der Waals surface area (Å²) in [6, 6.07) is 19.0. The van der Waals surface area contributed by atoms with Crippen molar-refractivity contribution >= 4 is 29.4 Å². The fourth-order valence-electron chi connectivity index (χ4n) is 5.23. The number of ether oxygens (including phenoxy) is 5. The van der Waals surface area contributed by atoms with Gasteiger partial charge in [-0.1, -0.05) is 47.7 Å². The number of carbonyl (C=O) groups is 2. The second-order valence-electron chi connectivity index (χ2n) is 10.4. The van der Waals surface area contributed by atoms with E-state index in [0.29, 0.717) is 62.2 Å². The van der Waals surface area contributed by atoms with Crippen LogP contribution in [-0.4, -0.2) is 43.4 Å². The molecule has 0 spiro atoms. The average Bonchev–Trinajstić information content (AvgIpc) is 3.37. The van der Waals surface area contributed by atoms with Gasteiger partial charge in [-0.05, 0) is 75.2 Å². The number of para-hydroxylation sites is 1. The zero-order valence-corrected chi connectivity index (χ0v) is 27.7. The van der Waals surface area contributed by atoms with Gasteiger partial charge in [0.15, 0.2) is 16.3 Å². The van der Waals surface area contributed by atoms with E-state index in [1.807, 2.05) is 43.3 Å². The molecule has 1 aliphatic rings. The molecule has 1 aromatic heterocycles. The fourth-order valence-corrected chi connectivity index (χ4v) is 6.27. The molecular weight excluding hydrogens is 620 g/mol. The third kappa shape index (κ3) is 7.15. The number of benzene rings is 3. The van der Waals surface area contributed by atoms with Crippen molar-refractivity contribution < 1.29 is 33.3 Å². The van der Waals surface area contributed by atoms with Crippen LogP contribution in [0.3, 0.4) is 0 Å². The summed E-state index contributed by atoms with van der Waals surface area (Å²) in [5.41, 5.74) is 3.09. The summed E-state index contributed by atoms with van der Waals surface area (Å²) in [6.45, 7) is 8.33. The number of methoxy groups -OCH3 is 1. The van der Waals surface area contributed by atoms with Crippen LogP contribution in [0.5, 0.6) is 17.2 Å². The fraction of sp³-hybridized carbons (Fsp3) is 0.278. The quantitative estimate of drug-likeness (QED) is 0.197. The Hall–Kier alpha value is -5.16. The summed E-state index contributed by atoms with van der Waals surface area (Å²) >= 11 is 1.22. The van der Waals surface area contributed by atoms with Crippen LogP contribution >= 0.6 is 11.3 Å². The molecule has 0 fully saturated rings. The maximum absolute atomic E-state index is 14.2. The predicted octanol–water partition coefficient (Wildman–Crippen LogP) is 4.96. The number of rotatable bonds is 12. The number of fused-ring (bicyclic) bond motifs is 1. The standard InChI is InChI=1S/C36H36N2O8S/c1-6-43-27-18-16-24(17-19-27)31-30(35(41)45-8-3)22(4)37-36-38(31)33(39)29(47-36)20-26-10-9-11-28(42-5)32(26)46-21-23-12-14-25(15-13-23)34(40)44-7-2/h9-20,31H,6-8,21H2,1-5H3/b29-20-/t31-/m0/s1. The molecule has 47 heavy (non-hydrogen) atoms. The van der Waals surface area contributed by atoms with E-state index in [-0.39, 0.29) is 24.7 Å². The number of aromatic nitrogens is 1. The highest BCUT2D eigenvalue weighted by Gasteiger charge is 2.33. The highest BCUT2D eigenvalue weighted by Crippen LogP contribution is 2.34. The van der Waals surface area contributed by atoms with Gasteiger partial charge in [0.1, 0.15) is 12.4 Å². The Morgan fingerprint density at radius 1 is 0.894 bits per heavy atom. The van der Waals surface area contributed by atoms with Gasteiger partial charge >= 0.3 is 11.9 Å². The minimum absolute atomic E-state index is 0.185. The Morgan fingerprint density at radius 2 is 1.60 bits per heavy atom. The molecule has 1 aliphatic heterocycles. The van der Waals surface area contributed by atoms with Gasteiger partial charge < -0.3 is 23.7 Å². The summed E-state index contributed by atoms with van der Waals surface area (Å²) in [5, 5.41) is 0. The molecule has 4 aromatic rings. The minimum Gasteiger partial charge on any atom is -0.494 e.